The van der Waals surface area contributed by atoms with E-state index in [0.717, 1.165) is 0 Å². The molecule has 0 aliphatic carbocycles. The number of pyridine rings is 2. The van der Waals surface area contributed by atoms with Crippen LogP contribution in [0.4, 0.5) is 43.9 Å². The van der Waals surface area contributed by atoms with Crippen LogP contribution in [-0.2, 0) is 21.3 Å². The fourth-order valence-corrected chi connectivity index (χ4v) is 2.86. The van der Waals surface area contributed by atoms with Gasteiger partial charge in [0.1, 0.15) is 34.2 Å². The van der Waals surface area contributed by atoms with Crippen LogP contribution >= 0.6 is 11.6 Å². The van der Waals surface area contributed by atoms with E-state index in [0.29, 0.717) is 12.1 Å². The van der Waals surface area contributed by atoms with E-state index in [4.69, 9.17) is 22.1 Å². The number of nitrogens with one attached hydrogen (secondary N) is 1. The number of H-pyrrole nitrogens is 1. The van der Waals surface area contributed by atoms with Gasteiger partial charge in [-0.15, -0.1) is 0 Å². The lowest BCUT2D eigenvalue weighted by atomic mass is 10.1. The van der Waals surface area contributed by atoms with Crippen molar-refractivity contribution in [3.05, 3.63) is 61.3 Å². The third-order valence-corrected chi connectivity index (χ3v) is 4.86. The quantitative estimate of drug-likeness (QED) is 0.247. The summed E-state index contributed by atoms with van der Waals surface area (Å²) in [5.74, 6) is -13.9. The predicted octanol–water partition coefficient (Wildman–Crippen LogP) is 5.51. The summed E-state index contributed by atoms with van der Waals surface area (Å²) >= 11 is 5.35. The number of hydrogen-bond acceptors (Lipinski definition) is 8. The number of carbonyl (C=O) groups is 2. The first kappa shape index (κ1) is 35.6. The van der Waals surface area contributed by atoms with Gasteiger partial charge in [0.05, 0.1) is 29.9 Å². The SMILES string of the molecule is CCOC(=O)c1cc(C#N)c(=O)[nH]c1C(F)(F)C(F)(F)F.CCOC(=O)c1cc(C#N)c(Cl)nc1C(F)(F)C(F)(F)F. The van der Waals surface area contributed by atoms with Gasteiger partial charge in [-0.3, -0.25) is 4.79 Å². The molecule has 2 aromatic rings. The zero-order valence-electron chi connectivity index (χ0n) is 20.6. The Bertz CT molecular complexity index is 1490. The molecule has 0 saturated heterocycles. The smallest absolute Gasteiger partial charge is 0.459 e. The maximum absolute atomic E-state index is 13.4. The maximum atomic E-state index is 13.4. The summed E-state index contributed by atoms with van der Waals surface area (Å²) in [6.45, 7) is 2.07. The highest BCUT2D eigenvalue weighted by molar-refractivity contribution is 6.30. The molecule has 2 rings (SSSR count). The van der Waals surface area contributed by atoms with Crippen LogP contribution in [0.2, 0.25) is 5.15 Å². The highest BCUT2D eigenvalue weighted by Crippen LogP contribution is 2.45. The number of halogens is 11. The number of aromatic nitrogens is 2. The van der Waals surface area contributed by atoms with E-state index in [1.807, 2.05) is 0 Å². The topological polar surface area (TPSA) is 146 Å². The van der Waals surface area contributed by atoms with Crippen molar-refractivity contribution in [3.8, 4) is 12.1 Å². The van der Waals surface area contributed by atoms with Crippen molar-refractivity contribution < 1.29 is 63.0 Å². The summed E-state index contributed by atoms with van der Waals surface area (Å²) in [6.07, 6.45) is -12.0. The summed E-state index contributed by atoms with van der Waals surface area (Å²) in [6, 6.07) is 3.52. The Balaban J connectivity index is 0.000000420. The molecule has 0 saturated carbocycles. The molecule has 0 amide bonds. The van der Waals surface area contributed by atoms with Crippen LogP contribution in [-0.4, -0.2) is 47.5 Å². The molecule has 0 bridgehead atoms. The second kappa shape index (κ2) is 13.1. The number of aromatic amines is 1. The van der Waals surface area contributed by atoms with Gasteiger partial charge in [-0.05, 0) is 26.0 Å². The zero-order chi connectivity index (χ0) is 32.8. The van der Waals surface area contributed by atoms with Crippen LogP contribution in [0.25, 0.3) is 0 Å². The average Bonchev–Trinajstić information content (AvgIpc) is 2.87. The molecule has 0 fully saturated rings. The zero-order valence-corrected chi connectivity index (χ0v) is 21.4. The van der Waals surface area contributed by atoms with Crippen molar-refractivity contribution in [2.75, 3.05) is 13.2 Å². The fraction of sp³-hybridized carbons (Fsp3) is 0.364. The fourth-order valence-electron chi connectivity index (χ4n) is 2.68. The van der Waals surface area contributed by atoms with Gasteiger partial charge in [-0.25, -0.2) is 14.6 Å². The lowest BCUT2D eigenvalue weighted by Crippen LogP contribution is -2.38. The minimum absolute atomic E-state index is 0.264. The summed E-state index contributed by atoms with van der Waals surface area (Å²) in [4.78, 5) is 38.3. The molecule has 42 heavy (non-hydrogen) atoms. The molecule has 2 heterocycles. The number of esters is 2. The lowest BCUT2D eigenvalue weighted by molar-refractivity contribution is -0.291. The second-order valence-electron chi connectivity index (χ2n) is 7.33. The van der Waals surface area contributed by atoms with E-state index in [1.165, 1.54) is 31.0 Å². The molecule has 0 aliphatic rings. The Kier molecular flexibility index (Phi) is 11.1. The first-order chi connectivity index (χ1) is 19.1. The van der Waals surface area contributed by atoms with E-state index in [2.05, 4.69) is 14.5 Å². The lowest BCUT2D eigenvalue weighted by Gasteiger charge is -2.21. The molecule has 0 radical (unpaired) electrons. The van der Waals surface area contributed by atoms with Crippen molar-refractivity contribution in [1.82, 2.24) is 9.97 Å². The van der Waals surface area contributed by atoms with Crippen LogP contribution in [0.5, 0.6) is 0 Å². The molecular formula is C22H13ClF10N4O5. The number of nitriles is 2. The van der Waals surface area contributed by atoms with Crippen molar-refractivity contribution >= 4 is 23.5 Å². The minimum atomic E-state index is -6.04. The molecule has 0 aliphatic heterocycles. The van der Waals surface area contributed by atoms with E-state index in [1.54, 1.807) is 0 Å². The molecule has 1 N–H and O–H groups in total. The van der Waals surface area contributed by atoms with Gasteiger partial charge in [-0.2, -0.15) is 54.4 Å². The Morgan fingerprint density at radius 1 is 0.833 bits per heavy atom. The Hall–Kier alpha value is -4.39. The molecule has 20 heteroatoms. The largest absolute Gasteiger partial charge is 0.462 e. The minimum Gasteiger partial charge on any atom is -0.462 e. The highest BCUT2D eigenvalue weighted by atomic mass is 35.5. The van der Waals surface area contributed by atoms with Gasteiger partial charge < -0.3 is 14.5 Å². The van der Waals surface area contributed by atoms with Crippen molar-refractivity contribution in [1.29, 1.82) is 10.5 Å². The number of hydrogen-bond donors (Lipinski definition) is 1. The summed E-state index contributed by atoms with van der Waals surface area (Å²) in [5, 5.41) is 16.4. The third kappa shape index (κ3) is 7.46. The summed E-state index contributed by atoms with van der Waals surface area (Å²) < 4.78 is 137. The first-order valence-electron chi connectivity index (χ1n) is 10.6. The normalized spacial score (nSPS) is 11.9. The standard InChI is InChI=1S/C11H6ClF5N2O2.C11H7F5N2O3/c1-2-21-9(20)6-3-5(4-18)8(12)19-7(6)10(13,14)11(15,16)17;1-2-21-9(20)6-3-5(4-17)8(19)18-7(6)10(12,13)11(14,15)16/h3H,2H2,1H3;3H,2H2,1H3,(H,18,19). The van der Waals surface area contributed by atoms with E-state index in [-0.39, 0.29) is 13.2 Å². The van der Waals surface area contributed by atoms with Crippen LogP contribution in [0.3, 0.4) is 0 Å². The van der Waals surface area contributed by atoms with Gasteiger partial charge in [0.25, 0.3) is 5.56 Å². The Morgan fingerprint density at radius 3 is 1.67 bits per heavy atom. The van der Waals surface area contributed by atoms with Gasteiger partial charge in [0.2, 0.25) is 0 Å². The van der Waals surface area contributed by atoms with Crippen LogP contribution in [0.15, 0.2) is 16.9 Å². The predicted molar refractivity (Wildman–Crippen MR) is 118 cm³/mol. The van der Waals surface area contributed by atoms with Crippen LogP contribution in [0, 0.1) is 22.7 Å². The molecule has 2 aromatic heterocycles. The number of nitrogens with zero attached hydrogens (tertiary/aromatic N) is 3. The third-order valence-electron chi connectivity index (χ3n) is 4.57. The molecular weight excluding hydrogens is 626 g/mol. The number of alkyl halides is 10. The van der Waals surface area contributed by atoms with E-state index < -0.39 is 80.5 Å². The highest BCUT2D eigenvalue weighted by Gasteiger charge is 2.62. The Morgan fingerprint density at radius 2 is 1.26 bits per heavy atom. The molecule has 0 atom stereocenters. The monoisotopic (exact) mass is 638 g/mol. The molecule has 9 nitrogen and oxygen atoms in total. The number of rotatable bonds is 6. The van der Waals surface area contributed by atoms with Gasteiger partial charge in [-0.1, -0.05) is 11.6 Å². The average molecular weight is 639 g/mol. The van der Waals surface area contributed by atoms with Crippen molar-refractivity contribution in [2.24, 2.45) is 0 Å². The van der Waals surface area contributed by atoms with Gasteiger partial charge >= 0.3 is 36.1 Å². The van der Waals surface area contributed by atoms with Crippen LogP contribution < -0.4 is 5.56 Å². The summed E-state index contributed by atoms with van der Waals surface area (Å²) in [5.41, 5.74) is -9.05. The Labute approximate surface area is 232 Å². The van der Waals surface area contributed by atoms with E-state index in [9.17, 15) is 58.3 Å². The maximum Gasteiger partial charge on any atom is 0.459 e. The molecule has 228 valence electrons. The molecule has 0 unspecified atom stereocenters. The van der Waals surface area contributed by atoms with Gasteiger partial charge in [0.15, 0.2) is 0 Å². The van der Waals surface area contributed by atoms with E-state index >= 15 is 0 Å². The number of ether oxygens (including phenoxy) is 2. The van der Waals surface area contributed by atoms with Crippen molar-refractivity contribution in [2.45, 2.75) is 38.0 Å². The first-order valence-corrected chi connectivity index (χ1v) is 11.0. The van der Waals surface area contributed by atoms with Crippen LogP contribution in [0.1, 0.15) is 57.1 Å². The van der Waals surface area contributed by atoms with Gasteiger partial charge in [0, 0.05) is 0 Å². The van der Waals surface area contributed by atoms with Crippen molar-refractivity contribution in [3.63, 3.8) is 0 Å². The molecule has 0 aromatic carbocycles. The summed E-state index contributed by atoms with van der Waals surface area (Å²) in [7, 11) is 0. The number of carbonyl (C=O) groups excluding carboxylic acids is 2. The second-order valence-corrected chi connectivity index (χ2v) is 7.69. The molecule has 0 spiro atoms.